The van der Waals surface area contributed by atoms with Gasteiger partial charge in [-0.1, -0.05) is 48.5 Å². The summed E-state index contributed by atoms with van der Waals surface area (Å²) >= 11 is 0. The summed E-state index contributed by atoms with van der Waals surface area (Å²) in [6, 6.07) is 16.2. The number of carboxylic acids is 1. The lowest BCUT2D eigenvalue weighted by atomic mass is 9.98. The molecule has 0 aliphatic heterocycles. The van der Waals surface area contributed by atoms with Crippen LogP contribution in [0.25, 0.3) is 11.1 Å². The minimum atomic E-state index is -1.35. The molecule has 1 atom stereocenters. The van der Waals surface area contributed by atoms with Gasteiger partial charge in [-0.2, -0.15) is 0 Å². The van der Waals surface area contributed by atoms with Crippen molar-refractivity contribution in [1.82, 2.24) is 10.2 Å². The van der Waals surface area contributed by atoms with Crippen molar-refractivity contribution in [2.45, 2.75) is 44.8 Å². The highest BCUT2D eigenvalue weighted by Crippen LogP contribution is 2.44. The van der Waals surface area contributed by atoms with Crippen LogP contribution >= 0.6 is 0 Å². The Morgan fingerprint density at radius 2 is 1.62 bits per heavy atom. The van der Waals surface area contributed by atoms with Gasteiger partial charge >= 0.3 is 12.1 Å². The van der Waals surface area contributed by atoms with E-state index in [-0.39, 0.29) is 31.4 Å². The number of ether oxygens (including phenoxy) is 2. The third-order valence-corrected chi connectivity index (χ3v) is 6.36. The molecule has 2 N–H and O–H groups in total. The lowest BCUT2D eigenvalue weighted by Crippen LogP contribution is -2.52. The fourth-order valence-corrected chi connectivity index (χ4v) is 4.06. The van der Waals surface area contributed by atoms with Crippen molar-refractivity contribution >= 4 is 18.0 Å². The van der Waals surface area contributed by atoms with Gasteiger partial charge in [0.25, 0.3) is 0 Å². The van der Waals surface area contributed by atoms with Gasteiger partial charge in [-0.25, -0.2) is 9.59 Å². The zero-order valence-electron chi connectivity index (χ0n) is 20.0. The number of fused-ring (bicyclic) bond motifs is 3. The summed E-state index contributed by atoms with van der Waals surface area (Å²) in [6.45, 7) is 5.30. The molecule has 0 radical (unpaired) electrons. The first kappa shape index (κ1) is 25.2. The van der Waals surface area contributed by atoms with Crippen LogP contribution in [0.5, 0.6) is 0 Å². The van der Waals surface area contributed by atoms with Crippen LogP contribution in [-0.2, 0) is 19.1 Å². The van der Waals surface area contributed by atoms with Crippen LogP contribution in [0.1, 0.15) is 44.2 Å². The van der Waals surface area contributed by atoms with Crippen molar-refractivity contribution in [3.63, 3.8) is 0 Å². The number of likely N-dealkylation sites (N-methyl/N-ethyl adjacent to an activating group) is 1. The van der Waals surface area contributed by atoms with E-state index in [0.29, 0.717) is 6.61 Å². The largest absolute Gasteiger partial charge is 0.480 e. The maximum atomic E-state index is 12.6. The average molecular weight is 469 g/mol. The Hall–Kier alpha value is -3.39. The van der Waals surface area contributed by atoms with E-state index in [1.165, 1.54) is 25.8 Å². The zero-order valence-corrected chi connectivity index (χ0v) is 20.0. The Kier molecular flexibility index (Phi) is 7.94. The fraction of sp³-hybridized carbons (Fsp3) is 0.423. The molecular weight excluding hydrogens is 436 g/mol. The molecule has 0 bridgehead atoms. The molecule has 8 heteroatoms. The van der Waals surface area contributed by atoms with Gasteiger partial charge < -0.3 is 24.8 Å². The van der Waals surface area contributed by atoms with Crippen LogP contribution in [0.15, 0.2) is 48.5 Å². The number of aliphatic carboxylic acids is 1. The molecule has 34 heavy (non-hydrogen) atoms. The molecule has 0 heterocycles. The van der Waals surface area contributed by atoms with Crippen LogP contribution in [0.4, 0.5) is 4.79 Å². The molecule has 2 aromatic carbocycles. The number of hydrogen-bond donors (Lipinski definition) is 2. The van der Waals surface area contributed by atoms with E-state index in [1.54, 1.807) is 6.92 Å². The molecule has 0 spiro atoms. The number of nitrogens with one attached hydrogen (secondary N) is 1. The number of hydrogen-bond acceptors (Lipinski definition) is 5. The molecule has 2 amide bonds. The van der Waals surface area contributed by atoms with Crippen molar-refractivity contribution in [2.24, 2.45) is 0 Å². The number of benzene rings is 2. The molecule has 0 fully saturated rings. The normalized spacial score (nSPS) is 13.5. The lowest BCUT2D eigenvalue weighted by molar-refractivity contribution is -0.156. The van der Waals surface area contributed by atoms with E-state index in [1.807, 2.05) is 36.4 Å². The lowest BCUT2D eigenvalue weighted by Gasteiger charge is -2.32. The van der Waals surface area contributed by atoms with Crippen molar-refractivity contribution < 1.29 is 29.0 Å². The van der Waals surface area contributed by atoms with Gasteiger partial charge in [-0.3, -0.25) is 4.79 Å². The number of rotatable bonds is 10. The number of carboxylic acid groups (broad SMARTS) is 1. The van der Waals surface area contributed by atoms with Gasteiger partial charge in [0.2, 0.25) is 5.91 Å². The second-order valence-electron chi connectivity index (χ2n) is 8.80. The summed E-state index contributed by atoms with van der Waals surface area (Å²) in [7, 11) is 1.44. The average Bonchev–Trinajstić information content (AvgIpc) is 3.14. The predicted molar refractivity (Wildman–Crippen MR) is 128 cm³/mol. The number of nitrogens with zero attached hydrogens (tertiary/aromatic N) is 1. The van der Waals surface area contributed by atoms with E-state index >= 15 is 0 Å². The van der Waals surface area contributed by atoms with Crippen LogP contribution in [0.2, 0.25) is 0 Å². The van der Waals surface area contributed by atoms with E-state index in [4.69, 9.17) is 9.47 Å². The predicted octanol–water partition coefficient (Wildman–Crippen LogP) is 3.64. The molecule has 3 rings (SSSR count). The molecule has 2 aromatic rings. The molecular formula is C26H32N2O6. The molecule has 8 nitrogen and oxygen atoms in total. The van der Waals surface area contributed by atoms with Crippen LogP contribution < -0.4 is 5.32 Å². The van der Waals surface area contributed by atoms with E-state index < -0.39 is 23.7 Å². The molecule has 0 aromatic heterocycles. The Bertz CT molecular complexity index is 1010. The van der Waals surface area contributed by atoms with Gasteiger partial charge in [-0.05, 0) is 43.0 Å². The van der Waals surface area contributed by atoms with E-state index in [9.17, 15) is 19.5 Å². The Morgan fingerprint density at radius 3 is 2.15 bits per heavy atom. The second-order valence-corrected chi connectivity index (χ2v) is 8.80. The topological polar surface area (TPSA) is 105 Å². The Balaban J connectivity index is 1.56. The van der Waals surface area contributed by atoms with Crippen molar-refractivity contribution in [1.29, 1.82) is 0 Å². The van der Waals surface area contributed by atoms with Gasteiger partial charge in [0.05, 0.1) is 12.5 Å². The summed E-state index contributed by atoms with van der Waals surface area (Å²) in [5, 5.41) is 12.0. The van der Waals surface area contributed by atoms with E-state index in [0.717, 1.165) is 22.3 Å². The monoisotopic (exact) mass is 468 g/mol. The van der Waals surface area contributed by atoms with Crippen molar-refractivity contribution in [3.05, 3.63) is 59.7 Å². The molecule has 0 saturated carbocycles. The van der Waals surface area contributed by atoms with Gasteiger partial charge in [0, 0.05) is 26.1 Å². The molecule has 1 aliphatic carbocycles. The van der Waals surface area contributed by atoms with E-state index in [2.05, 4.69) is 17.4 Å². The molecule has 0 saturated heterocycles. The highest BCUT2D eigenvalue weighted by molar-refractivity contribution is 5.86. The third-order valence-electron chi connectivity index (χ3n) is 6.36. The zero-order chi connectivity index (χ0) is 24.9. The van der Waals surface area contributed by atoms with Crippen LogP contribution in [0.3, 0.4) is 0 Å². The first-order chi connectivity index (χ1) is 16.2. The minimum absolute atomic E-state index is 0.0469. The Morgan fingerprint density at radius 1 is 1.06 bits per heavy atom. The molecule has 1 unspecified atom stereocenters. The first-order valence-corrected chi connectivity index (χ1v) is 11.4. The maximum absolute atomic E-state index is 12.6. The summed E-state index contributed by atoms with van der Waals surface area (Å²) in [5.41, 5.74) is 3.19. The summed E-state index contributed by atoms with van der Waals surface area (Å²) in [6.07, 6.45) is -1.27. The minimum Gasteiger partial charge on any atom is -0.480 e. The van der Waals surface area contributed by atoms with Gasteiger partial charge in [0.1, 0.15) is 12.1 Å². The van der Waals surface area contributed by atoms with Crippen molar-refractivity contribution in [2.75, 3.05) is 26.8 Å². The number of carbonyl (C=O) groups is 3. The van der Waals surface area contributed by atoms with Crippen LogP contribution in [-0.4, -0.2) is 66.4 Å². The summed E-state index contributed by atoms with van der Waals surface area (Å²) in [4.78, 5) is 37.6. The summed E-state index contributed by atoms with van der Waals surface area (Å²) < 4.78 is 11.1. The van der Waals surface area contributed by atoms with Crippen molar-refractivity contribution in [3.8, 4) is 11.1 Å². The number of alkyl carbamates (subject to hydrolysis) is 1. The maximum Gasteiger partial charge on any atom is 0.407 e. The first-order valence-electron chi connectivity index (χ1n) is 11.4. The third kappa shape index (κ3) is 5.39. The summed E-state index contributed by atoms with van der Waals surface area (Å²) in [5.74, 6) is -1.54. The molecule has 182 valence electrons. The Labute approximate surface area is 199 Å². The van der Waals surface area contributed by atoms with Crippen LogP contribution in [0, 0.1) is 0 Å². The smallest absolute Gasteiger partial charge is 0.407 e. The number of amides is 2. The standard InChI is InChI=1S/C26H32N2O6/c1-5-33-17(14-23(29)28(4)26(2,3)24(30)31)15-27-25(32)34-16-22-20-12-8-6-10-18(20)19-11-7-9-13-21(19)22/h6-13,17,22H,5,14-16H2,1-4H3,(H,27,32)(H,30,31). The number of carbonyl (C=O) groups excluding carboxylic acids is 2. The second kappa shape index (κ2) is 10.7. The van der Waals surface area contributed by atoms with Gasteiger partial charge in [0.15, 0.2) is 0 Å². The quantitative estimate of drug-likeness (QED) is 0.552. The highest BCUT2D eigenvalue weighted by Gasteiger charge is 2.36. The fourth-order valence-electron chi connectivity index (χ4n) is 4.06. The molecule has 1 aliphatic rings. The SMILES string of the molecule is CCOC(CNC(=O)OCC1c2ccccc2-c2ccccc21)CC(=O)N(C)C(C)(C)C(=O)O. The van der Waals surface area contributed by atoms with Gasteiger partial charge in [-0.15, -0.1) is 0 Å². The highest BCUT2D eigenvalue weighted by atomic mass is 16.5.